The molecule has 1 aromatic rings. The highest BCUT2D eigenvalue weighted by Crippen LogP contribution is 2.23. The topological polar surface area (TPSA) is 62.6 Å². The van der Waals surface area contributed by atoms with Crippen molar-refractivity contribution >= 4 is 17.5 Å². The molecule has 1 unspecified atom stereocenters. The summed E-state index contributed by atoms with van der Waals surface area (Å²) >= 11 is 0. The monoisotopic (exact) mass is 350 g/mol. The van der Waals surface area contributed by atoms with Crippen LogP contribution in [0.1, 0.15) is 39.5 Å². The molecule has 6 heteroatoms. The zero-order valence-corrected chi connectivity index (χ0v) is 15.3. The quantitative estimate of drug-likeness (QED) is 0.725. The van der Waals surface area contributed by atoms with Gasteiger partial charge in [-0.05, 0) is 49.9 Å². The van der Waals surface area contributed by atoms with Crippen molar-refractivity contribution in [1.82, 2.24) is 5.32 Å². The lowest BCUT2D eigenvalue weighted by molar-refractivity contribution is -0.885. The van der Waals surface area contributed by atoms with Crippen molar-refractivity contribution in [2.24, 2.45) is 5.92 Å². The first kappa shape index (κ1) is 19.4. The van der Waals surface area contributed by atoms with E-state index in [-0.39, 0.29) is 36.3 Å². The summed E-state index contributed by atoms with van der Waals surface area (Å²) in [5, 5.41) is 5.87. The van der Waals surface area contributed by atoms with E-state index in [4.69, 9.17) is 0 Å². The summed E-state index contributed by atoms with van der Waals surface area (Å²) in [6.07, 6.45) is 4.58. The van der Waals surface area contributed by atoms with Crippen LogP contribution in [0.25, 0.3) is 0 Å². The third-order valence-corrected chi connectivity index (χ3v) is 5.14. The highest BCUT2D eigenvalue weighted by atomic mass is 19.1. The summed E-state index contributed by atoms with van der Waals surface area (Å²) in [5.74, 6) is -0.0458. The second-order valence-corrected chi connectivity index (χ2v) is 7.18. The normalized spacial score (nSPS) is 22.7. The maximum Gasteiger partial charge on any atom is 0.279 e. The molecular weight excluding hydrogens is 321 g/mol. The van der Waals surface area contributed by atoms with Gasteiger partial charge in [-0.2, -0.15) is 0 Å². The van der Waals surface area contributed by atoms with E-state index in [1.165, 1.54) is 30.7 Å². The number of carbonyl (C=O) groups excluding carboxylic acids is 2. The van der Waals surface area contributed by atoms with Gasteiger partial charge in [-0.1, -0.05) is 19.8 Å². The number of amides is 2. The number of halogens is 1. The Hall–Kier alpha value is -1.95. The van der Waals surface area contributed by atoms with Gasteiger partial charge in [-0.3, -0.25) is 9.59 Å². The maximum atomic E-state index is 12.9. The summed E-state index contributed by atoms with van der Waals surface area (Å²) in [4.78, 5) is 25.4. The molecule has 4 atom stereocenters. The Morgan fingerprint density at radius 1 is 1.24 bits per heavy atom. The van der Waals surface area contributed by atoms with Gasteiger partial charge in [-0.15, -0.1) is 0 Å². The van der Waals surface area contributed by atoms with Crippen molar-refractivity contribution in [3.63, 3.8) is 0 Å². The van der Waals surface area contributed by atoms with Crippen LogP contribution in [0.3, 0.4) is 0 Å². The van der Waals surface area contributed by atoms with E-state index < -0.39 is 0 Å². The Morgan fingerprint density at radius 2 is 1.88 bits per heavy atom. The Labute approximate surface area is 149 Å². The van der Waals surface area contributed by atoms with Gasteiger partial charge in [0, 0.05) is 11.7 Å². The second kappa shape index (κ2) is 8.94. The standard InChI is InChI=1S/C19H28FN3O2/c1-13-6-4-5-7-17(13)22-19(25)14(2)23(3)12-18(24)21-16-10-8-15(20)9-11-16/h8-11,13-14,17H,4-7,12H2,1-3H3,(H,21,24)(H,22,25)/p+1/t13-,14-,17-/m1/s1. The molecule has 3 N–H and O–H groups in total. The molecule has 2 rings (SSSR count). The van der Waals surface area contributed by atoms with Gasteiger partial charge in [0.05, 0.1) is 7.05 Å². The first-order chi connectivity index (χ1) is 11.9. The third kappa shape index (κ3) is 5.81. The third-order valence-electron chi connectivity index (χ3n) is 5.14. The Bertz CT molecular complexity index is 591. The predicted molar refractivity (Wildman–Crippen MR) is 95.8 cm³/mol. The van der Waals surface area contributed by atoms with Crippen molar-refractivity contribution in [1.29, 1.82) is 0 Å². The van der Waals surface area contributed by atoms with E-state index >= 15 is 0 Å². The van der Waals surface area contributed by atoms with Crippen LogP contribution in [0.2, 0.25) is 0 Å². The van der Waals surface area contributed by atoms with E-state index in [9.17, 15) is 14.0 Å². The average molecular weight is 350 g/mol. The summed E-state index contributed by atoms with van der Waals surface area (Å²) in [6.45, 7) is 4.19. The Kier molecular flexibility index (Phi) is 6.93. The summed E-state index contributed by atoms with van der Waals surface area (Å²) < 4.78 is 12.9. The molecule has 25 heavy (non-hydrogen) atoms. The lowest BCUT2D eigenvalue weighted by atomic mass is 9.86. The van der Waals surface area contributed by atoms with Crippen molar-refractivity contribution in [3.8, 4) is 0 Å². The van der Waals surface area contributed by atoms with Gasteiger partial charge in [0.1, 0.15) is 5.82 Å². The second-order valence-electron chi connectivity index (χ2n) is 7.18. The van der Waals surface area contributed by atoms with Gasteiger partial charge in [0.15, 0.2) is 12.6 Å². The van der Waals surface area contributed by atoms with Crippen LogP contribution in [-0.2, 0) is 9.59 Å². The Balaban J connectivity index is 1.81. The van der Waals surface area contributed by atoms with Crippen LogP contribution in [0.15, 0.2) is 24.3 Å². The minimum atomic E-state index is -0.344. The highest BCUT2D eigenvalue weighted by molar-refractivity contribution is 5.91. The number of hydrogen-bond acceptors (Lipinski definition) is 2. The molecule has 0 saturated heterocycles. The number of likely N-dealkylation sites (N-methyl/N-ethyl adjacent to an activating group) is 1. The number of carbonyl (C=O) groups is 2. The SMILES string of the molecule is C[C@@H]1CCCC[C@H]1NC(=O)[C@@H](C)[NH+](C)CC(=O)Nc1ccc(F)cc1. The number of anilines is 1. The molecule has 1 fully saturated rings. The van der Waals surface area contributed by atoms with Crippen LogP contribution in [0.5, 0.6) is 0 Å². The molecule has 1 aromatic carbocycles. The maximum absolute atomic E-state index is 12.9. The van der Waals surface area contributed by atoms with E-state index in [1.807, 2.05) is 14.0 Å². The summed E-state index contributed by atoms with van der Waals surface area (Å²) in [5.41, 5.74) is 0.548. The first-order valence-electron chi connectivity index (χ1n) is 9.05. The fraction of sp³-hybridized carbons (Fsp3) is 0.579. The molecule has 138 valence electrons. The summed E-state index contributed by atoms with van der Waals surface area (Å²) in [7, 11) is 1.83. The van der Waals surface area contributed by atoms with Crippen molar-refractivity contribution in [3.05, 3.63) is 30.1 Å². The lowest BCUT2D eigenvalue weighted by Crippen LogP contribution is -3.15. The molecule has 1 saturated carbocycles. The average Bonchev–Trinajstić information content (AvgIpc) is 2.58. The van der Waals surface area contributed by atoms with Crippen LogP contribution in [0, 0.1) is 11.7 Å². The molecule has 1 aliphatic carbocycles. The van der Waals surface area contributed by atoms with Crippen molar-refractivity contribution in [2.75, 3.05) is 18.9 Å². The number of nitrogens with one attached hydrogen (secondary N) is 3. The van der Waals surface area contributed by atoms with Crippen molar-refractivity contribution in [2.45, 2.75) is 51.6 Å². The molecule has 0 radical (unpaired) electrons. The Morgan fingerprint density at radius 3 is 2.52 bits per heavy atom. The number of hydrogen-bond donors (Lipinski definition) is 3. The molecule has 2 amide bonds. The van der Waals surface area contributed by atoms with E-state index in [0.717, 1.165) is 24.2 Å². The highest BCUT2D eigenvalue weighted by Gasteiger charge is 2.29. The van der Waals surface area contributed by atoms with E-state index in [2.05, 4.69) is 17.6 Å². The first-order valence-corrected chi connectivity index (χ1v) is 9.05. The van der Waals surface area contributed by atoms with Crippen LogP contribution < -0.4 is 15.5 Å². The molecule has 0 aliphatic heterocycles. The van der Waals surface area contributed by atoms with Gasteiger partial charge in [-0.25, -0.2) is 4.39 Å². The lowest BCUT2D eigenvalue weighted by Gasteiger charge is -2.31. The fourth-order valence-electron chi connectivity index (χ4n) is 3.21. The zero-order chi connectivity index (χ0) is 18.4. The fourth-order valence-corrected chi connectivity index (χ4v) is 3.21. The van der Waals surface area contributed by atoms with Crippen molar-refractivity contribution < 1.29 is 18.9 Å². The molecule has 1 aliphatic rings. The van der Waals surface area contributed by atoms with Gasteiger partial charge >= 0.3 is 0 Å². The summed E-state index contributed by atoms with van der Waals surface area (Å²) in [6, 6.07) is 5.56. The predicted octanol–water partition coefficient (Wildman–Crippen LogP) is 1.36. The zero-order valence-electron chi connectivity index (χ0n) is 15.3. The number of quaternary nitrogens is 1. The molecule has 0 bridgehead atoms. The molecule has 0 spiro atoms. The van der Waals surface area contributed by atoms with E-state index in [1.54, 1.807) is 0 Å². The van der Waals surface area contributed by atoms with Crippen LogP contribution in [0.4, 0.5) is 10.1 Å². The molecule has 0 aromatic heterocycles. The molecule has 0 heterocycles. The number of rotatable bonds is 6. The molecular formula is C19H29FN3O2+. The van der Waals surface area contributed by atoms with Crippen LogP contribution >= 0.6 is 0 Å². The van der Waals surface area contributed by atoms with Gasteiger partial charge in [0.25, 0.3) is 11.8 Å². The van der Waals surface area contributed by atoms with Gasteiger partial charge in [0.2, 0.25) is 0 Å². The van der Waals surface area contributed by atoms with E-state index in [0.29, 0.717) is 11.6 Å². The van der Waals surface area contributed by atoms with Crippen LogP contribution in [-0.4, -0.2) is 37.5 Å². The minimum absolute atomic E-state index is 0.00849. The minimum Gasteiger partial charge on any atom is -0.348 e. The molecule has 5 nitrogen and oxygen atoms in total. The smallest absolute Gasteiger partial charge is 0.279 e. The largest absolute Gasteiger partial charge is 0.348 e. The van der Waals surface area contributed by atoms with Gasteiger partial charge < -0.3 is 15.5 Å². The number of benzene rings is 1.